The van der Waals surface area contributed by atoms with Gasteiger partial charge in [-0.1, -0.05) is 12.1 Å². The normalized spacial score (nSPS) is 11.2. The zero-order chi connectivity index (χ0) is 12.0. The van der Waals surface area contributed by atoms with E-state index in [-0.39, 0.29) is 5.43 Å². The van der Waals surface area contributed by atoms with Gasteiger partial charge in [0.2, 0.25) is 5.43 Å². The Hall–Kier alpha value is -2.30. The summed E-state index contributed by atoms with van der Waals surface area (Å²) in [7, 11) is 1.76. The fraction of sp³-hybridized carbons (Fsp3) is 0.167. The number of para-hydroxylation sites is 2. The lowest BCUT2D eigenvalue weighted by atomic mass is 10.3. The molecule has 0 spiro atoms. The van der Waals surface area contributed by atoms with Gasteiger partial charge in [0, 0.05) is 7.05 Å². The van der Waals surface area contributed by atoms with Crippen LogP contribution in [0.3, 0.4) is 0 Å². The van der Waals surface area contributed by atoms with Crippen molar-refractivity contribution < 1.29 is 0 Å². The van der Waals surface area contributed by atoms with E-state index in [1.807, 2.05) is 24.3 Å². The number of hydrogen-bond donors (Lipinski definition) is 0. The third kappa shape index (κ3) is 1.39. The SMILES string of the molecule is Cc1nn(C)c2nc3ccccc3nc2c1=O. The zero-order valence-electron chi connectivity index (χ0n) is 9.51. The first kappa shape index (κ1) is 9.89. The summed E-state index contributed by atoms with van der Waals surface area (Å²) in [6.45, 7) is 1.68. The Balaban J connectivity index is 2.60. The van der Waals surface area contributed by atoms with Crippen molar-refractivity contribution in [2.24, 2.45) is 7.05 Å². The van der Waals surface area contributed by atoms with Crippen molar-refractivity contribution in [2.75, 3.05) is 0 Å². The van der Waals surface area contributed by atoms with Gasteiger partial charge in [-0.15, -0.1) is 0 Å². The van der Waals surface area contributed by atoms with E-state index >= 15 is 0 Å². The highest BCUT2D eigenvalue weighted by Crippen LogP contribution is 2.12. The van der Waals surface area contributed by atoms with E-state index in [0.717, 1.165) is 11.0 Å². The quantitative estimate of drug-likeness (QED) is 0.540. The molecule has 0 aliphatic heterocycles. The predicted octanol–water partition coefficient (Wildman–Crippen LogP) is 1.19. The van der Waals surface area contributed by atoms with Gasteiger partial charge in [0.05, 0.1) is 11.0 Å². The van der Waals surface area contributed by atoms with Crippen LogP contribution in [0.15, 0.2) is 29.1 Å². The molecule has 0 fully saturated rings. The first-order valence-corrected chi connectivity index (χ1v) is 5.27. The Labute approximate surface area is 96.7 Å². The molecule has 0 N–H and O–H groups in total. The van der Waals surface area contributed by atoms with Crippen molar-refractivity contribution in [1.29, 1.82) is 0 Å². The summed E-state index contributed by atoms with van der Waals surface area (Å²) in [6, 6.07) is 7.48. The summed E-state index contributed by atoms with van der Waals surface area (Å²) in [5, 5.41) is 4.11. The van der Waals surface area contributed by atoms with Crippen molar-refractivity contribution >= 4 is 22.2 Å². The summed E-state index contributed by atoms with van der Waals surface area (Å²) >= 11 is 0. The van der Waals surface area contributed by atoms with Gasteiger partial charge in [0.1, 0.15) is 5.69 Å². The molecule has 0 radical (unpaired) electrons. The average Bonchev–Trinajstić information content (AvgIpc) is 2.34. The molecule has 3 aromatic rings. The van der Waals surface area contributed by atoms with Crippen LogP contribution in [0.25, 0.3) is 22.2 Å². The maximum absolute atomic E-state index is 11.9. The summed E-state index contributed by atoms with van der Waals surface area (Å²) in [6.07, 6.45) is 0. The molecule has 5 nitrogen and oxygen atoms in total. The van der Waals surface area contributed by atoms with Gasteiger partial charge in [0.25, 0.3) is 0 Å². The first-order chi connectivity index (χ1) is 8.16. The molecule has 0 saturated heterocycles. The molecule has 17 heavy (non-hydrogen) atoms. The zero-order valence-corrected chi connectivity index (χ0v) is 9.51. The van der Waals surface area contributed by atoms with E-state index in [4.69, 9.17) is 0 Å². The van der Waals surface area contributed by atoms with Crippen molar-refractivity contribution in [2.45, 2.75) is 6.92 Å². The van der Waals surface area contributed by atoms with E-state index < -0.39 is 0 Å². The first-order valence-electron chi connectivity index (χ1n) is 5.27. The molecule has 0 saturated carbocycles. The second-order valence-electron chi connectivity index (χ2n) is 3.92. The van der Waals surface area contributed by atoms with Gasteiger partial charge in [-0.25, -0.2) is 14.6 Å². The lowest BCUT2D eigenvalue weighted by Crippen LogP contribution is -2.17. The largest absolute Gasteiger partial charge is 0.285 e. The van der Waals surface area contributed by atoms with Gasteiger partial charge in [0.15, 0.2) is 11.2 Å². The second-order valence-corrected chi connectivity index (χ2v) is 3.92. The van der Waals surface area contributed by atoms with Crippen LogP contribution in [0.1, 0.15) is 5.69 Å². The highest BCUT2D eigenvalue weighted by molar-refractivity contribution is 5.84. The van der Waals surface area contributed by atoms with Crippen LogP contribution in [-0.4, -0.2) is 19.7 Å². The van der Waals surface area contributed by atoms with E-state index in [1.165, 1.54) is 0 Å². The van der Waals surface area contributed by atoms with Crippen LogP contribution in [0, 0.1) is 6.92 Å². The summed E-state index contributed by atoms with van der Waals surface area (Å²) in [4.78, 5) is 20.7. The highest BCUT2D eigenvalue weighted by atomic mass is 16.1. The van der Waals surface area contributed by atoms with Crippen molar-refractivity contribution in [3.8, 4) is 0 Å². The molecular weight excluding hydrogens is 216 g/mol. The number of aromatic nitrogens is 4. The number of hydrogen-bond acceptors (Lipinski definition) is 4. The van der Waals surface area contributed by atoms with Crippen LogP contribution < -0.4 is 5.43 Å². The van der Waals surface area contributed by atoms with E-state index in [1.54, 1.807) is 18.7 Å². The van der Waals surface area contributed by atoms with Crippen LogP contribution >= 0.6 is 0 Å². The lowest BCUT2D eigenvalue weighted by molar-refractivity contribution is 0.743. The number of rotatable bonds is 0. The smallest absolute Gasteiger partial charge is 0.230 e. The molecule has 2 aromatic heterocycles. The summed E-state index contributed by atoms with van der Waals surface area (Å²) in [5.74, 6) is 0. The van der Waals surface area contributed by atoms with E-state index in [0.29, 0.717) is 16.9 Å². The monoisotopic (exact) mass is 226 g/mol. The molecule has 2 heterocycles. The number of aryl methyl sites for hydroxylation is 2. The fourth-order valence-electron chi connectivity index (χ4n) is 1.86. The Morgan fingerprint density at radius 2 is 1.76 bits per heavy atom. The number of nitrogens with zero attached hydrogens (tertiary/aromatic N) is 4. The van der Waals surface area contributed by atoms with Gasteiger partial charge >= 0.3 is 0 Å². The molecule has 0 atom stereocenters. The minimum absolute atomic E-state index is 0.156. The lowest BCUT2D eigenvalue weighted by Gasteiger charge is -2.05. The third-order valence-electron chi connectivity index (χ3n) is 2.70. The van der Waals surface area contributed by atoms with Gasteiger partial charge < -0.3 is 0 Å². The maximum atomic E-state index is 11.9. The molecular formula is C12H10N4O. The Morgan fingerprint density at radius 3 is 2.47 bits per heavy atom. The van der Waals surface area contributed by atoms with Crippen LogP contribution in [-0.2, 0) is 7.05 Å². The molecule has 3 rings (SSSR count). The van der Waals surface area contributed by atoms with Gasteiger partial charge in [-0.2, -0.15) is 5.10 Å². The second kappa shape index (κ2) is 3.35. The molecule has 0 aliphatic rings. The summed E-state index contributed by atoms with van der Waals surface area (Å²) in [5.41, 5.74) is 2.65. The number of fused-ring (bicyclic) bond motifs is 2. The number of benzene rings is 1. The van der Waals surface area contributed by atoms with Crippen LogP contribution in [0.4, 0.5) is 0 Å². The van der Waals surface area contributed by atoms with Gasteiger partial charge in [-0.3, -0.25) is 4.79 Å². The Bertz CT molecular complexity index is 791. The molecule has 0 unspecified atom stereocenters. The van der Waals surface area contributed by atoms with Crippen LogP contribution in [0.2, 0.25) is 0 Å². The standard InChI is InChI=1S/C12H10N4O/c1-7-11(17)10-12(16(2)15-7)14-9-6-4-3-5-8(9)13-10/h3-6H,1-2H3. The molecule has 0 amide bonds. The van der Waals surface area contributed by atoms with E-state index in [9.17, 15) is 4.79 Å². The van der Waals surface area contributed by atoms with Crippen molar-refractivity contribution in [3.63, 3.8) is 0 Å². The fourth-order valence-corrected chi connectivity index (χ4v) is 1.86. The molecule has 5 heteroatoms. The summed E-state index contributed by atoms with van der Waals surface area (Å²) < 4.78 is 1.59. The maximum Gasteiger partial charge on any atom is 0.230 e. The molecule has 0 bridgehead atoms. The Morgan fingerprint density at radius 1 is 1.12 bits per heavy atom. The highest BCUT2D eigenvalue weighted by Gasteiger charge is 2.09. The molecule has 0 aliphatic carbocycles. The minimum atomic E-state index is -0.156. The predicted molar refractivity (Wildman–Crippen MR) is 64.8 cm³/mol. The minimum Gasteiger partial charge on any atom is -0.285 e. The topological polar surface area (TPSA) is 60.7 Å². The third-order valence-corrected chi connectivity index (χ3v) is 2.70. The molecule has 84 valence electrons. The Kier molecular flexibility index (Phi) is 1.95. The molecule has 1 aromatic carbocycles. The van der Waals surface area contributed by atoms with Gasteiger partial charge in [-0.05, 0) is 19.1 Å². The average molecular weight is 226 g/mol. The van der Waals surface area contributed by atoms with Crippen molar-refractivity contribution in [1.82, 2.24) is 19.7 Å². The van der Waals surface area contributed by atoms with E-state index in [2.05, 4.69) is 15.1 Å². The van der Waals surface area contributed by atoms with Crippen LogP contribution in [0.5, 0.6) is 0 Å². The van der Waals surface area contributed by atoms with Crippen molar-refractivity contribution in [3.05, 3.63) is 40.2 Å².